The molecule has 0 aliphatic carbocycles. The number of fused-ring (bicyclic) bond motifs is 4. The number of morpholine rings is 1. The van der Waals surface area contributed by atoms with Crippen molar-refractivity contribution < 1.29 is 44.2 Å². The lowest BCUT2D eigenvalue weighted by atomic mass is 9.92. The first-order valence-electron chi connectivity index (χ1n) is 16.3. The number of hydrogen-bond acceptors (Lipinski definition) is 10. The largest absolute Gasteiger partial charge is 0.492 e. The Morgan fingerprint density at radius 3 is 2.56 bits per heavy atom. The summed E-state index contributed by atoms with van der Waals surface area (Å²) in [5.74, 6) is 0.575. The number of amides is 1. The Bertz CT molecular complexity index is 1780. The first-order chi connectivity index (χ1) is 23.2. The van der Waals surface area contributed by atoms with Crippen LogP contribution in [0.4, 0.5) is 5.69 Å². The van der Waals surface area contributed by atoms with Gasteiger partial charge < -0.3 is 49.3 Å². The molecular formula is C35H40ClN3O9. The lowest BCUT2D eigenvalue weighted by Crippen LogP contribution is -2.60. The molecule has 3 aliphatic rings. The van der Waals surface area contributed by atoms with Crippen molar-refractivity contribution in [3.63, 3.8) is 0 Å². The van der Waals surface area contributed by atoms with E-state index in [0.717, 1.165) is 60.5 Å². The Hall–Kier alpha value is -3.46. The van der Waals surface area contributed by atoms with Crippen molar-refractivity contribution in [3.8, 4) is 11.5 Å². The summed E-state index contributed by atoms with van der Waals surface area (Å²) in [6, 6.07) is 16.8. The fourth-order valence-corrected chi connectivity index (χ4v) is 7.09. The van der Waals surface area contributed by atoms with Crippen LogP contribution in [0.2, 0.25) is 0 Å². The van der Waals surface area contributed by atoms with Gasteiger partial charge in [0.2, 0.25) is 6.29 Å². The maximum atomic E-state index is 14.2. The molecular weight excluding hydrogens is 642 g/mol. The zero-order valence-corrected chi connectivity index (χ0v) is 27.3. The number of ether oxygens (including phenoxy) is 4. The van der Waals surface area contributed by atoms with Gasteiger partial charge in [-0.2, -0.15) is 0 Å². The zero-order valence-electron chi connectivity index (χ0n) is 26.5. The van der Waals surface area contributed by atoms with Crippen molar-refractivity contribution >= 4 is 44.9 Å². The number of aromatic amines is 1. The van der Waals surface area contributed by atoms with E-state index in [1.54, 1.807) is 11.0 Å². The van der Waals surface area contributed by atoms with Crippen LogP contribution in [-0.4, -0.2) is 125 Å². The molecule has 4 unspecified atom stereocenters. The van der Waals surface area contributed by atoms with Crippen molar-refractivity contribution in [3.05, 3.63) is 65.9 Å². The number of H-pyrrole nitrogens is 1. The van der Waals surface area contributed by atoms with E-state index in [9.17, 15) is 25.2 Å². The van der Waals surface area contributed by atoms with E-state index in [1.807, 2.05) is 55.5 Å². The Labute approximate surface area is 282 Å². The summed E-state index contributed by atoms with van der Waals surface area (Å²) in [5.41, 5.74) is 2.69. The average Bonchev–Trinajstić information content (AvgIpc) is 3.71. The molecule has 2 fully saturated rings. The molecule has 13 heteroatoms. The molecule has 12 nitrogen and oxygen atoms in total. The van der Waals surface area contributed by atoms with Crippen molar-refractivity contribution in [2.75, 3.05) is 57.5 Å². The van der Waals surface area contributed by atoms with E-state index in [-0.39, 0.29) is 17.2 Å². The van der Waals surface area contributed by atoms with Gasteiger partial charge in [0.15, 0.2) is 0 Å². The van der Waals surface area contributed by atoms with Crippen LogP contribution in [-0.2, 0) is 9.47 Å². The molecule has 0 radical (unpaired) electrons. The summed E-state index contributed by atoms with van der Waals surface area (Å²) >= 11 is 6.75. The normalized spacial score (nSPS) is 26.9. The first-order valence-corrected chi connectivity index (χ1v) is 16.7. The van der Waals surface area contributed by atoms with Crippen LogP contribution in [0.5, 0.6) is 11.5 Å². The molecule has 48 heavy (non-hydrogen) atoms. The Balaban J connectivity index is 1.18. The third-order valence-electron chi connectivity index (χ3n) is 9.56. The smallest absolute Gasteiger partial charge is 0.274 e. The van der Waals surface area contributed by atoms with Gasteiger partial charge in [-0.05, 0) is 42.1 Å². The summed E-state index contributed by atoms with van der Waals surface area (Å²) in [4.78, 5) is 21.5. The second-order valence-corrected chi connectivity index (χ2v) is 13.3. The third-order valence-corrected chi connectivity index (χ3v) is 9.87. The highest BCUT2D eigenvalue weighted by molar-refractivity contribution is 6.22. The molecule has 4 aromatic rings. The molecule has 7 rings (SSSR count). The number of alkyl halides is 1. The van der Waals surface area contributed by atoms with E-state index < -0.39 is 37.3 Å². The number of benzene rings is 3. The monoisotopic (exact) mass is 681 g/mol. The van der Waals surface area contributed by atoms with Crippen LogP contribution in [0, 0.1) is 0 Å². The van der Waals surface area contributed by atoms with E-state index in [2.05, 4.69) is 9.88 Å². The van der Waals surface area contributed by atoms with Crippen LogP contribution in [0.3, 0.4) is 0 Å². The summed E-state index contributed by atoms with van der Waals surface area (Å²) < 4.78 is 23.3. The molecule has 4 heterocycles. The van der Waals surface area contributed by atoms with E-state index in [0.29, 0.717) is 35.7 Å². The number of nitrogens with zero attached hydrogens (tertiary/aromatic N) is 2. The molecule has 1 aromatic heterocycles. The molecule has 0 bridgehead atoms. The SMILES string of the molecule is CC(Cl)[C@@H]1CN(C(=O)c2cc3cc(OCCN4CCOCC4)ccc3[nH]2)c2cc(O[C@@H]3OC(CO)[C@H](O)C(O)C3O)c3ccccc3c21. The summed E-state index contributed by atoms with van der Waals surface area (Å²) in [6.45, 7) is 6.27. The minimum Gasteiger partial charge on any atom is -0.492 e. The predicted molar refractivity (Wildman–Crippen MR) is 179 cm³/mol. The number of halogens is 1. The molecule has 1 amide bonds. The van der Waals surface area contributed by atoms with Gasteiger partial charge in [-0.3, -0.25) is 9.69 Å². The number of nitrogens with one attached hydrogen (secondary N) is 1. The van der Waals surface area contributed by atoms with Gasteiger partial charge in [0.1, 0.15) is 48.2 Å². The first kappa shape index (κ1) is 33.1. The number of anilines is 1. The molecule has 0 saturated carbocycles. The topological polar surface area (TPSA) is 157 Å². The maximum absolute atomic E-state index is 14.2. The number of carbonyl (C=O) groups is 1. The van der Waals surface area contributed by atoms with E-state index in [1.165, 1.54) is 0 Å². The number of hydrogen-bond donors (Lipinski definition) is 5. The fraction of sp³-hybridized carbons (Fsp3) is 0.457. The molecule has 3 aliphatic heterocycles. The van der Waals surface area contributed by atoms with Crippen molar-refractivity contribution in [2.24, 2.45) is 0 Å². The highest BCUT2D eigenvalue weighted by Gasteiger charge is 2.45. The van der Waals surface area contributed by atoms with Crippen LogP contribution >= 0.6 is 11.6 Å². The van der Waals surface area contributed by atoms with Gasteiger partial charge >= 0.3 is 0 Å². The zero-order chi connectivity index (χ0) is 33.5. The van der Waals surface area contributed by atoms with E-state index in [4.69, 9.17) is 30.5 Å². The molecule has 2 saturated heterocycles. The average molecular weight is 682 g/mol. The highest BCUT2D eigenvalue weighted by Crippen LogP contribution is 2.48. The lowest BCUT2D eigenvalue weighted by molar-refractivity contribution is -0.277. The Morgan fingerprint density at radius 1 is 1.04 bits per heavy atom. The van der Waals surface area contributed by atoms with Gasteiger partial charge in [-0.1, -0.05) is 24.3 Å². The van der Waals surface area contributed by atoms with Gasteiger partial charge in [-0.15, -0.1) is 11.6 Å². The van der Waals surface area contributed by atoms with Gasteiger partial charge in [0.05, 0.1) is 25.5 Å². The Morgan fingerprint density at radius 2 is 1.81 bits per heavy atom. The van der Waals surface area contributed by atoms with Gasteiger partial charge in [0, 0.05) is 59.8 Å². The summed E-state index contributed by atoms with van der Waals surface area (Å²) in [5, 5.41) is 43.1. The minimum absolute atomic E-state index is 0.187. The number of carbonyl (C=O) groups excluding carboxylic acids is 1. The van der Waals surface area contributed by atoms with Crippen LogP contribution < -0.4 is 14.4 Å². The summed E-state index contributed by atoms with van der Waals surface area (Å²) in [6.07, 6.45) is -7.24. The second-order valence-electron chi connectivity index (χ2n) is 12.6. The lowest BCUT2D eigenvalue weighted by Gasteiger charge is -2.39. The van der Waals surface area contributed by atoms with Gasteiger partial charge in [-0.25, -0.2) is 0 Å². The second kappa shape index (κ2) is 13.8. The van der Waals surface area contributed by atoms with Gasteiger partial charge in [0.25, 0.3) is 5.91 Å². The highest BCUT2D eigenvalue weighted by atomic mass is 35.5. The standard InChI is InChI=1S/C35H40ClN3O9/c1-19(36)24-17-39(34(44)26-15-20-14-21(6-7-25(20)37-26)46-13-10-38-8-11-45-12-9-38)27-16-28(22-4-2-3-5-23(22)30(24)27)47-35-33(43)32(42)31(41)29(18-40)48-35/h2-7,14-16,19,24,29,31-33,35,37,40-43H,8-13,17-18H2,1H3/t19?,24-,29?,31-,32?,33?,35+/m0/s1. The molecule has 3 aromatic carbocycles. The van der Waals surface area contributed by atoms with Crippen LogP contribution in [0.1, 0.15) is 28.9 Å². The number of aromatic nitrogens is 1. The van der Waals surface area contributed by atoms with Crippen molar-refractivity contribution in [1.29, 1.82) is 0 Å². The Kier molecular flexibility index (Phi) is 9.51. The predicted octanol–water partition coefficient (Wildman–Crippen LogP) is 2.58. The number of aliphatic hydroxyl groups is 4. The maximum Gasteiger partial charge on any atom is 0.274 e. The van der Waals surface area contributed by atoms with E-state index >= 15 is 0 Å². The molecule has 256 valence electrons. The number of aliphatic hydroxyl groups excluding tert-OH is 4. The third kappa shape index (κ3) is 6.23. The quantitative estimate of drug-likeness (QED) is 0.166. The fourth-order valence-electron chi connectivity index (χ4n) is 6.88. The minimum atomic E-state index is -1.60. The summed E-state index contributed by atoms with van der Waals surface area (Å²) in [7, 11) is 0. The van der Waals surface area contributed by atoms with Crippen LogP contribution in [0.15, 0.2) is 54.6 Å². The van der Waals surface area contributed by atoms with Crippen molar-refractivity contribution in [2.45, 2.75) is 48.9 Å². The molecule has 5 N–H and O–H groups in total. The molecule has 7 atom stereocenters. The molecule has 0 spiro atoms. The van der Waals surface area contributed by atoms with Crippen molar-refractivity contribution in [1.82, 2.24) is 9.88 Å². The van der Waals surface area contributed by atoms with Crippen LogP contribution in [0.25, 0.3) is 21.7 Å². The number of rotatable bonds is 9.